The summed E-state index contributed by atoms with van der Waals surface area (Å²) in [4.78, 5) is 16.5. The lowest BCUT2D eigenvalue weighted by Gasteiger charge is -2.34. The van der Waals surface area contributed by atoms with Gasteiger partial charge in [0.1, 0.15) is 4.90 Å². The van der Waals surface area contributed by atoms with Crippen LogP contribution >= 0.6 is 23.4 Å². The minimum absolute atomic E-state index is 0.0330. The van der Waals surface area contributed by atoms with Crippen LogP contribution in [0.5, 0.6) is 0 Å². The zero-order valence-electron chi connectivity index (χ0n) is 36.2. The molecule has 0 unspecified atom stereocenters. The number of rotatable bonds is 19. The number of alkyl halides is 3. The molecule has 11 nitrogen and oxygen atoms in total. The first kappa shape index (κ1) is 49.3. The van der Waals surface area contributed by atoms with Gasteiger partial charge in [-0.3, -0.25) is 4.79 Å². The maximum absolute atomic E-state index is 14.2. The summed E-state index contributed by atoms with van der Waals surface area (Å²) < 4.78 is 97.4. The van der Waals surface area contributed by atoms with Crippen LogP contribution in [0.3, 0.4) is 0 Å². The minimum Gasteiger partial charge on any atom is -0.384 e. The molecular weight excluding hydrogens is 905 g/mol. The fraction of sp³-hybridized carbons (Fsp3) is 0.413. The third kappa shape index (κ3) is 13.5. The topological polar surface area (TPSA) is 140 Å². The van der Waals surface area contributed by atoms with Crippen LogP contribution in [-0.2, 0) is 19.9 Å². The second-order valence-electron chi connectivity index (χ2n) is 17.1. The van der Waals surface area contributed by atoms with Crippen molar-refractivity contribution in [1.29, 1.82) is 0 Å². The predicted octanol–water partition coefficient (Wildman–Crippen LogP) is 8.63. The van der Waals surface area contributed by atoms with Crippen LogP contribution in [0.15, 0.2) is 117 Å². The van der Waals surface area contributed by atoms with E-state index in [2.05, 4.69) is 51.7 Å². The highest BCUT2D eigenvalue weighted by atomic mass is 35.5. The lowest BCUT2D eigenvalue weighted by atomic mass is 9.73. The van der Waals surface area contributed by atoms with E-state index < -0.39 is 52.8 Å². The number of sulfonamides is 1. The molecule has 4 N–H and O–H groups in total. The number of allylic oxidation sites excluding steroid dienone is 1. The number of carbonyl (C=O) groups is 1. The summed E-state index contributed by atoms with van der Waals surface area (Å²) in [6, 6.07) is 25.3. The number of carbonyl (C=O) groups excluding carboxylic acids is 1. The molecule has 18 heteroatoms. The smallest absolute Gasteiger partial charge is 0.384 e. The van der Waals surface area contributed by atoms with Gasteiger partial charge in [0.15, 0.2) is 0 Å². The number of amides is 1. The molecule has 2 aliphatic rings. The van der Waals surface area contributed by atoms with Crippen molar-refractivity contribution in [2.24, 2.45) is 5.41 Å². The standard InChI is InChI=1S/C46H56ClF3N6O5S3/c1-45(2)21-19-41(33-9-13-36(47)14-10-33)35(30-45)31-51-22-23-52-37-15-11-34(12-16-37)44(57)54-64(60,61)40-17-18-42(43(29-40)63(58,59)46(48,49)50)53-38(32-62-39-7-5-4-6-8-39)20-24-56-27-25-55(3)26-28-56/h4-18,29,38,51-53H,19-28,30-32H2,1-3H3,(H,54,57)/t38-/m1/s1. The normalized spacial score (nSPS) is 16.9. The summed E-state index contributed by atoms with van der Waals surface area (Å²) in [6.45, 7) is 10.5. The van der Waals surface area contributed by atoms with E-state index in [1.807, 2.05) is 54.2 Å². The molecule has 4 aromatic rings. The zero-order chi connectivity index (χ0) is 46.1. The molecule has 4 aromatic carbocycles. The highest BCUT2D eigenvalue weighted by molar-refractivity contribution is 7.99. The number of nitrogens with zero attached hydrogens (tertiary/aromatic N) is 2. The molecule has 1 amide bonds. The van der Waals surface area contributed by atoms with Gasteiger partial charge < -0.3 is 25.8 Å². The Morgan fingerprint density at radius 2 is 1.58 bits per heavy atom. The Labute approximate surface area is 384 Å². The number of piperazine rings is 1. The summed E-state index contributed by atoms with van der Waals surface area (Å²) >= 11 is 7.59. The van der Waals surface area contributed by atoms with E-state index >= 15 is 0 Å². The number of anilines is 2. The monoisotopic (exact) mass is 960 g/mol. The molecule has 1 aliphatic heterocycles. The highest BCUT2D eigenvalue weighted by Crippen LogP contribution is 2.42. The molecule has 1 fully saturated rings. The van der Waals surface area contributed by atoms with Crippen LogP contribution in [0.1, 0.15) is 55.5 Å². The Morgan fingerprint density at radius 1 is 0.891 bits per heavy atom. The van der Waals surface area contributed by atoms with Crippen LogP contribution in [0.2, 0.25) is 5.02 Å². The number of thioether (sulfide) groups is 1. The van der Waals surface area contributed by atoms with Crippen LogP contribution < -0.4 is 20.7 Å². The van der Waals surface area contributed by atoms with Gasteiger partial charge in [-0.1, -0.05) is 61.4 Å². The molecule has 0 saturated carbocycles. The molecule has 64 heavy (non-hydrogen) atoms. The van der Waals surface area contributed by atoms with Crippen molar-refractivity contribution < 1.29 is 34.8 Å². The molecule has 0 aromatic heterocycles. The van der Waals surface area contributed by atoms with E-state index in [0.717, 1.165) is 69.0 Å². The number of benzene rings is 4. The van der Waals surface area contributed by atoms with E-state index in [1.54, 1.807) is 12.1 Å². The van der Waals surface area contributed by atoms with E-state index in [0.29, 0.717) is 48.6 Å². The second-order valence-corrected chi connectivity index (χ2v) is 22.2. The fourth-order valence-corrected chi connectivity index (χ4v) is 10.9. The van der Waals surface area contributed by atoms with Gasteiger partial charge in [-0.25, -0.2) is 21.6 Å². The van der Waals surface area contributed by atoms with E-state index in [9.17, 15) is 34.8 Å². The van der Waals surface area contributed by atoms with Crippen molar-refractivity contribution in [2.75, 3.05) is 75.8 Å². The number of likely N-dealkylation sites (N-methyl/N-ethyl adjacent to an activating group) is 1. The summed E-state index contributed by atoms with van der Waals surface area (Å²) in [5, 5.41) is 10.5. The molecule has 0 radical (unpaired) electrons. The van der Waals surface area contributed by atoms with Gasteiger partial charge in [0.25, 0.3) is 25.8 Å². The Hall–Kier alpha value is -4.10. The number of nitrogens with one attached hydrogen (secondary N) is 4. The van der Waals surface area contributed by atoms with Crippen LogP contribution in [-0.4, -0.2) is 109 Å². The van der Waals surface area contributed by atoms with Crippen molar-refractivity contribution in [3.8, 4) is 0 Å². The Morgan fingerprint density at radius 3 is 2.25 bits per heavy atom. The van der Waals surface area contributed by atoms with Crippen LogP contribution in [0.25, 0.3) is 5.57 Å². The number of sulfone groups is 1. The quantitative estimate of drug-likeness (QED) is 0.0531. The largest absolute Gasteiger partial charge is 0.501 e. The van der Waals surface area contributed by atoms with Crippen LogP contribution in [0, 0.1) is 5.41 Å². The van der Waals surface area contributed by atoms with Gasteiger partial charge in [0, 0.05) is 85.3 Å². The summed E-state index contributed by atoms with van der Waals surface area (Å²) in [5.41, 5.74) is -1.39. The summed E-state index contributed by atoms with van der Waals surface area (Å²) in [7, 11) is -8.85. The van der Waals surface area contributed by atoms with Crippen molar-refractivity contribution in [3.63, 3.8) is 0 Å². The molecule has 346 valence electrons. The van der Waals surface area contributed by atoms with Gasteiger partial charge in [-0.05, 0) is 116 Å². The first-order chi connectivity index (χ1) is 30.3. The average molecular weight is 962 g/mol. The maximum Gasteiger partial charge on any atom is 0.501 e. The lowest BCUT2D eigenvalue weighted by molar-refractivity contribution is -0.0435. The minimum atomic E-state index is -6.05. The molecular formula is C46H56ClF3N6O5S3. The number of halogens is 4. The Kier molecular flexibility index (Phi) is 16.6. The van der Waals surface area contributed by atoms with Gasteiger partial charge in [-0.2, -0.15) is 13.2 Å². The molecule has 0 spiro atoms. The first-order valence-corrected chi connectivity index (χ1v) is 25.5. The van der Waals surface area contributed by atoms with E-state index in [-0.39, 0.29) is 11.0 Å². The third-order valence-corrected chi connectivity index (χ3v) is 15.8. The third-order valence-electron chi connectivity index (χ3n) is 11.5. The highest BCUT2D eigenvalue weighted by Gasteiger charge is 2.48. The summed E-state index contributed by atoms with van der Waals surface area (Å²) in [5.74, 6) is -0.661. The molecule has 1 heterocycles. The van der Waals surface area contributed by atoms with Gasteiger partial charge in [0.2, 0.25) is 0 Å². The second kappa shape index (κ2) is 21.5. The zero-order valence-corrected chi connectivity index (χ0v) is 39.4. The maximum atomic E-state index is 14.2. The van der Waals surface area contributed by atoms with Gasteiger partial charge in [-0.15, -0.1) is 11.8 Å². The molecule has 1 aliphatic carbocycles. The lowest BCUT2D eigenvalue weighted by Crippen LogP contribution is -2.45. The van der Waals surface area contributed by atoms with Crippen molar-refractivity contribution in [2.45, 2.75) is 65.8 Å². The van der Waals surface area contributed by atoms with Crippen LogP contribution in [0.4, 0.5) is 24.5 Å². The molecule has 6 rings (SSSR count). The van der Waals surface area contributed by atoms with Crippen molar-refractivity contribution >= 4 is 66.1 Å². The predicted molar refractivity (Wildman–Crippen MR) is 251 cm³/mol. The average Bonchev–Trinajstić information content (AvgIpc) is 3.25. The summed E-state index contributed by atoms with van der Waals surface area (Å²) in [6.07, 6.45) is 3.54. The van der Waals surface area contributed by atoms with Crippen molar-refractivity contribution in [3.05, 3.63) is 119 Å². The number of hydrogen-bond acceptors (Lipinski definition) is 11. The number of hydrogen-bond donors (Lipinski definition) is 4. The molecule has 1 saturated heterocycles. The van der Waals surface area contributed by atoms with E-state index in [4.69, 9.17) is 11.6 Å². The Balaban J connectivity index is 1.10. The first-order valence-electron chi connectivity index (χ1n) is 21.2. The molecule has 1 atom stereocenters. The Bertz CT molecular complexity index is 2470. The fourth-order valence-electron chi connectivity index (χ4n) is 7.77. The SMILES string of the molecule is CN1CCN(CC[C@H](CSc2ccccc2)Nc2ccc(S(=O)(=O)NC(=O)c3ccc(NCCNCC4=C(c5ccc(Cl)cc5)CCC(C)(C)C4)cc3)cc2S(=O)(=O)C(F)(F)F)CC1. The van der Waals surface area contributed by atoms with Gasteiger partial charge in [0.05, 0.1) is 10.6 Å². The van der Waals surface area contributed by atoms with E-state index in [1.165, 1.54) is 40.6 Å². The van der Waals surface area contributed by atoms with Gasteiger partial charge >= 0.3 is 5.51 Å². The van der Waals surface area contributed by atoms with Crippen molar-refractivity contribution in [1.82, 2.24) is 19.8 Å². The molecule has 0 bridgehead atoms.